The van der Waals surface area contributed by atoms with E-state index in [1.807, 2.05) is 0 Å². The van der Waals surface area contributed by atoms with E-state index < -0.39 is 5.91 Å². The van der Waals surface area contributed by atoms with Crippen LogP contribution in [-0.4, -0.2) is 17.1 Å². The molecule has 0 unspecified atom stereocenters. The molecule has 5 heteroatoms. The van der Waals surface area contributed by atoms with Gasteiger partial charge in [0, 0.05) is 17.6 Å². The van der Waals surface area contributed by atoms with Crippen molar-refractivity contribution < 1.29 is 4.79 Å². The third-order valence-corrected chi connectivity index (χ3v) is 2.71. The maximum Gasteiger partial charge on any atom is 0.244 e. The molecule has 0 radical (unpaired) electrons. The van der Waals surface area contributed by atoms with Gasteiger partial charge in [-0.15, -0.1) is 5.10 Å². The molecule has 1 aliphatic carbocycles. The number of nitrogens with zero attached hydrogens (tertiary/aromatic N) is 3. The van der Waals surface area contributed by atoms with Gasteiger partial charge < -0.3 is 5.73 Å². The number of fused-ring (bicyclic) bond motifs is 3. The van der Waals surface area contributed by atoms with Gasteiger partial charge in [0.05, 0.1) is 17.8 Å². The lowest BCUT2D eigenvalue weighted by molar-refractivity contribution is -0.114. The average molecular weight is 212 g/mol. The van der Waals surface area contributed by atoms with Crippen LogP contribution in [0.3, 0.4) is 0 Å². The summed E-state index contributed by atoms with van der Waals surface area (Å²) in [6.07, 6.45) is 7.38. The second-order valence-corrected chi connectivity index (χ2v) is 3.67. The maximum atomic E-state index is 11.1. The standard InChI is InChI=1S/C11H8N4O/c12-11(16)6-1-2-9-7(3-6)8-4-14-15-10(8)5-13-9/h1-2,4-5H,3H2,(H2,12,16). The summed E-state index contributed by atoms with van der Waals surface area (Å²) < 4.78 is 0. The van der Waals surface area contributed by atoms with Crippen LogP contribution in [0, 0.1) is 0 Å². The van der Waals surface area contributed by atoms with Crippen LogP contribution < -0.4 is 16.4 Å². The molecule has 5 nitrogen and oxygen atoms in total. The first-order valence-electron chi connectivity index (χ1n) is 4.85. The van der Waals surface area contributed by atoms with E-state index in [2.05, 4.69) is 15.2 Å². The monoisotopic (exact) mass is 212 g/mol. The Morgan fingerprint density at radius 1 is 1.38 bits per heavy atom. The summed E-state index contributed by atoms with van der Waals surface area (Å²) in [4.78, 5) is 15.4. The number of amides is 1. The predicted molar refractivity (Wildman–Crippen MR) is 58.1 cm³/mol. The van der Waals surface area contributed by atoms with Crippen molar-refractivity contribution in [2.45, 2.75) is 6.42 Å². The largest absolute Gasteiger partial charge is 0.366 e. The van der Waals surface area contributed by atoms with Gasteiger partial charge in [-0.25, -0.2) is 0 Å². The Labute approximate surface area is 90.7 Å². The Kier molecular flexibility index (Phi) is 1.73. The van der Waals surface area contributed by atoms with Crippen LogP contribution in [0.4, 0.5) is 0 Å². The molecule has 0 aromatic carbocycles. The van der Waals surface area contributed by atoms with Gasteiger partial charge in [0.1, 0.15) is 5.36 Å². The summed E-state index contributed by atoms with van der Waals surface area (Å²) in [5.41, 5.74) is 7.76. The fourth-order valence-corrected chi connectivity index (χ4v) is 1.87. The number of carbonyl (C=O) groups excluding carboxylic acids is 1. The van der Waals surface area contributed by atoms with E-state index in [0.29, 0.717) is 12.0 Å². The van der Waals surface area contributed by atoms with Crippen molar-refractivity contribution in [2.24, 2.45) is 15.9 Å². The number of nitrogens with two attached hydrogens (primary N) is 1. The fraction of sp³-hybridized carbons (Fsp3) is 0.0909. The van der Waals surface area contributed by atoms with E-state index >= 15 is 0 Å². The summed E-state index contributed by atoms with van der Waals surface area (Å²) >= 11 is 0. The van der Waals surface area contributed by atoms with Crippen molar-refractivity contribution in [3.05, 3.63) is 39.7 Å². The quantitative estimate of drug-likeness (QED) is 0.634. The molecule has 16 heavy (non-hydrogen) atoms. The summed E-state index contributed by atoms with van der Waals surface area (Å²) in [5.74, 6) is -0.397. The molecular weight excluding hydrogens is 204 g/mol. The highest BCUT2D eigenvalue weighted by atomic mass is 16.1. The molecule has 1 amide bonds. The van der Waals surface area contributed by atoms with Gasteiger partial charge in [-0.1, -0.05) is 6.08 Å². The molecule has 0 bridgehead atoms. The molecule has 78 valence electrons. The molecule has 2 aliphatic rings. The number of aromatic nitrogens is 1. The summed E-state index contributed by atoms with van der Waals surface area (Å²) in [5, 5.41) is 9.38. The lowest BCUT2D eigenvalue weighted by atomic mass is 9.96. The highest BCUT2D eigenvalue weighted by Crippen LogP contribution is 2.10. The maximum absolute atomic E-state index is 11.1. The fourth-order valence-electron chi connectivity index (χ4n) is 1.87. The third kappa shape index (κ3) is 1.18. The van der Waals surface area contributed by atoms with Crippen LogP contribution in [0.2, 0.25) is 0 Å². The zero-order valence-corrected chi connectivity index (χ0v) is 8.34. The number of primary amides is 1. The summed E-state index contributed by atoms with van der Waals surface area (Å²) in [6.45, 7) is 0. The third-order valence-electron chi connectivity index (χ3n) is 2.71. The zero-order chi connectivity index (χ0) is 11.1. The van der Waals surface area contributed by atoms with Gasteiger partial charge in [0.15, 0.2) is 0 Å². The van der Waals surface area contributed by atoms with Crippen LogP contribution in [0.15, 0.2) is 28.0 Å². The first-order valence-corrected chi connectivity index (χ1v) is 4.85. The van der Waals surface area contributed by atoms with Crippen molar-refractivity contribution in [3.8, 4) is 0 Å². The van der Waals surface area contributed by atoms with Gasteiger partial charge in [-0.2, -0.15) is 5.10 Å². The highest BCUT2D eigenvalue weighted by molar-refractivity contribution is 5.95. The predicted octanol–water partition coefficient (Wildman–Crippen LogP) is -1.20. The number of hydrogen-bond donors (Lipinski definition) is 1. The molecule has 1 aromatic rings. The Hall–Kier alpha value is -2.30. The average Bonchev–Trinajstić information content (AvgIpc) is 2.76. The van der Waals surface area contributed by atoms with Crippen LogP contribution in [0.5, 0.6) is 0 Å². The van der Waals surface area contributed by atoms with Gasteiger partial charge in [-0.3, -0.25) is 9.78 Å². The van der Waals surface area contributed by atoms with E-state index in [-0.39, 0.29) is 0 Å². The second kappa shape index (κ2) is 3.10. The topological polar surface area (TPSA) is 80.7 Å². The molecule has 0 atom stereocenters. The highest BCUT2D eigenvalue weighted by Gasteiger charge is 2.16. The Bertz CT molecular complexity index is 670. The van der Waals surface area contributed by atoms with Gasteiger partial charge in [0.25, 0.3) is 0 Å². The number of hydrogen-bond acceptors (Lipinski definition) is 4. The van der Waals surface area contributed by atoms with Crippen molar-refractivity contribution >= 4 is 18.2 Å². The molecule has 1 aromatic heterocycles. The minimum absolute atomic E-state index is 0.397. The van der Waals surface area contributed by atoms with E-state index in [1.54, 1.807) is 24.6 Å². The SMILES string of the molecule is NC(=O)C1=CC=c2ncc3c(c2C1)C=NN=3. The first-order chi connectivity index (χ1) is 7.75. The van der Waals surface area contributed by atoms with Crippen molar-refractivity contribution in [2.75, 3.05) is 0 Å². The smallest absolute Gasteiger partial charge is 0.244 e. The van der Waals surface area contributed by atoms with Crippen LogP contribution in [-0.2, 0) is 11.2 Å². The normalized spacial score (nSPS) is 15.6. The Morgan fingerprint density at radius 2 is 2.25 bits per heavy atom. The molecule has 3 rings (SSSR count). The molecule has 2 N–H and O–H groups in total. The van der Waals surface area contributed by atoms with Crippen LogP contribution in [0.25, 0.3) is 6.08 Å². The lowest BCUT2D eigenvalue weighted by Gasteiger charge is -2.09. The molecule has 0 saturated heterocycles. The molecule has 0 fully saturated rings. The van der Waals surface area contributed by atoms with Crippen molar-refractivity contribution in [1.82, 2.24) is 4.98 Å². The second-order valence-electron chi connectivity index (χ2n) is 3.67. The molecule has 0 saturated carbocycles. The van der Waals surface area contributed by atoms with E-state index in [9.17, 15) is 4.79 Å². The molecule has 0 spiro atoms. The van der Waals surface area contributed by atoms with Crippen LogP contribution in [0.1, 0.15) is 11.1 Å². The number of pyridine rings is 1. The van der Waals surface area contributed by atoms with Crippen LogP contribution >= 0.6 is 0 Å². The number of carbonyl (C=O) groups is 1. The van der Waals surface area contributed by atoms with E-state index in [1.165, 1.54) is 0 Å². The number of rotatable bonds is 1. The summed E-state index contributed by atoms with van der Waals surface area (Å²) in [6, 6.07) is 0. The molecule has 1 aliphatic heterocycles. The van der Waals surface area contributed by atoms with Gasteiger partial charge in [0.2, 0.25) is 5.91 Å². The Morgan fingerprint density at radius 3 is 3.06 bits per heavy atom. The minimum Gasteiger partial charge on any atom is -0.366 e. The molecular formula is C11H8N4O. The van der Waals surface area contributed by atoms with Gasteiger partial charge >= 0.3 is 0 Å². The zero-order valence-electron chi connectivity index (χ0n) is 8.34. The van der Waals surface area contributed by atoms with Crippen molar-refractivity contribution in [3.63, 3.8) is 0 Å². The first kappa shape index (κ1) is 8.96. The summed E-state index contributed by atoms with van der Waals surface area (Å²) in [7, 11) is 0. The number of allylic oxidation sites excluding steroid dienone is 1. The lowest BCUT2D eigenvalue weighted by Crippen LogP contribution is -2.28. The van der Waals surface area contributed by atoms with E-state index in [4.69, 9.17) is 5.73 Å². The van der Waals surface area contributed by atoms with Gasteiger partial charge in [-0.05, 0) is 11.6 Å². The molecule has 2 heterocycles. The van der Waals surface area contributed by atoms with Crippen molar-refractivity contribution in [1.29, 1.82) is 0 Å². The minimum atomic E-state index is -0.397. The Balaban J connectivity index is 2.25. The van der Waals surface area contributed by atoms with E-state index in [0.717, 1.165) is 21.8 Å².